The van der Waals surface area contributed by atoms with Gasteiger partial charge in [-0.15, -0.1) is 0 Å². The Morgan fingerprint density at radius 2 is 1.94 bits per heavy atom. The van der Waals surface area contributed by atoms with E-state index in [1.165, 1.54) is 6.07 Å². The van der Waals surface area contributed by atoms with Crippen molar-refractivity contribution in [1.82, 2.24) is 5.43 Å². The van der Waals surface area contributed by atoms with Crippen molar-refractivity contribution in [2.75, 3.05) is 0 Å². The normalized spacial score (nSPS) is 13.8. The fourth-order valence-corrected chi connectivity index (χ4v) is 1.69. The lowest BCUT2D eigenvalue weighted by Gasteiger charge is -2.23. The van der Waals surface area contributed by atoms with Gasteiger partial charge in [0.15, 0.2) is 0 Å². The summed E-state index contributed by atoms with van der Waals surface area (Å²) in [4.78, 5) is 0. The monoisotopic (exact) mass is 242 g/mol. The molecule has 0 aromatic heterocycles. The second-order valence-corrected chi connectivity index (χ2v) is 5.48. The molecule has 0 aliphatic carbocycles. The predicted octanol–water partition coefficient (Wildman–Crippen LogP) is 3.30. The standard InChI is InChI=1S/C13H20F2N2/c1-13(2,3)7-6-12(17-16)10-8-9(14)4-5-11(10)15/h4-5,8,12,17H,6-7,16H2,1-3H3. The summed E-state index contributed by atoms with van der Waals surface area (Å²) in [7, 11) is 0. The highest BCUT2D eigenvalue weighted by atomic mass is 19.1. The third kappa shape index (κ3) is 4.40. The van der Waals surface area contributed by atoms with E-state index in [2.05, 4.69) is 26.2 Å². The summed E-state index contributed by atoms with van der Waals surface area (Å²) in [6.45, 7) is 6.30. The number of rotatable bonds is 4. The Morgan fingerprint density at radius 1 is 1.29 bits per heavy atom. The fraction of sp³-hybridized carbons (Fsp3) is 0.538. The first-order valence-electron chi connectivity index (χ1n) is 5.74. The largest absolute Gasteiger partial charge is 0.271 e. The summed E-state index contributed by atoms with van der Waals surface area (Å²) < 4.78 is 26.6. The van der Waals surface area contributed by atoms with Crippen LogP contribution in [0.2, 0.25) is 0 Å². The molecule has 1 atom stereocenters. The Hall–Kier alpha value is -1.00. The molecule has 0 heterocycles. The van der Waals surface area contributed by atoms with Gasteiger partial charge >= 0.3 is 0 Å². The second-order valence-electron chi connectivity index (χ2n) is 5.48. The van der Waals surface area contributed by atoms with Crippen molar-refractivity contribution in [2.24, 2.45) is 11.3 Å². The van der Waals surface area contributed by atoms with Gasteiger partial charge in [0.05, 0.1) is 0 Å². The Kier molecular flexibility index (Phi) is 4.60. The Morgan fingerprint density at radius 3 is 2.47 bits per heavy atom. The van der Waals surface area contributed by atoms with E-state index in [-0.39, 0.29) is 17.0 Å². The van der Waals surface area contributed by atoms with Crippen molar-refractivity contribution in [3.05, 3.63) is 35.4 Å². The zero-order valence-corrected chi connectivity index (χ0v) is 10.6. The third-order valence-electron chi connectivity index (χ3n) is 2.72. The van der Waals surface area contributed by atoms with Gasteiger partial charge in [-0.05, 0) is 36.5 Å². The smallest absolute Gasteiger partial charge is 0.128 e. The van der Waals surface area contributed by atoms with E-state index in [1.807, 2.05) is 0 Å². The Balaban J connectivity index is 2.82. The minimum atomic E-state index is -0.447. The van der Waals surface area contributed by atoms with Crippen molar-refractivity contribution in [2.45, 2.75) is 39.7 Å². The molecule has 0 saturated carbocycles. The zero-order valence-electron chi connectivity index (χ0n) is 10.6. The molecule has 96 valence electrons. The van der Waals surface area contributed by atoms with Crippen LogP contribution < -0.4 is 11.3 Å². The average molecular weight is 242 g/mol. The Bertz CT molecular complexity index is 372. The number of nitrogens with two attached hydrogens (primary N) is 1. The molecule has 0 spiro atoms. The molecular formula is C13H20F2N2. The number of benzene rings is 1. The van der Waals surface area contributed by atoms with Crippen molar-refractivity contribution in [3.63, 3.8) is 0 Å². The molecule has 0 bridgehead atoms. The summed E-state index contributed by atoms with van der Waals surface area (Å²) in [6.07, 6.45) is 1.54. The molecule has 2 nitrogen and oxygen atoms in total. The summed E-state index contributed by atoms with van der Waals surface area (Å²) in [5.74, 6) is 4.54. The maximum atomic E-state index is 13.6. The van der Waals surface area contributed by atoms with Crippen LogP contribution in [0.15, 0.2) is 18.2 Å². The maximum Gasteiger partial charge on any atom is 0.128 e. The van der Waals surface area contributed by atoms with Gasteiger partial charge in [0, 0.05) is 11.6 Å². The van der Waals surface area contributed by atoms with Gasteiger partial charge < -0.3 is 0 Å². The van der Waals surface area contributed by atoms with Crippen molar-refractivity contribution < 1.29 is 8.78 Å². The third-order valence-corrected chi connectivity index (χ3v) is 2.72. The minimum absolute atomic E-state index is 0.138. The molecule has 0 aliphatic rings. The van der Waals surface area contributed by atoms with Gasteiger partial charge in [-0.1, -0.05) is 20.8 Å². The van der Waals surface area contributed by atoms with Crippen LogP contribution in [0, 0.1) is 17.0 Å². The fourth-order valence-electron chi connectivity index (χ4n) is 1.69. The highest BCUT2D eigenvalue weighted by molar-refractivity contribution is 5.22. The molecule has 17 heavy (non-hydrogen) atoms. The number of hydrogen-bond donors (Lipinski definition) is 2. The molecule has 1 aromatic carbocycles. The Labute approximate surface area is 101 Å². The van der Waals surface area contributed by atoms with Gasteiger partial charge in [-0.3, -0.25) is 11.3 Å². The molecule has 0 fully saturated rings. The number of hydrazine groups is 1. The molecule has 0 radical (unpaired) electrons. The lowest BCUT2D eigenvalue weighted by molar-refractivity contribution is 0.330. The van der Waals surface area contributed by atoms with Gasteiger partial charge in [0.25, 0.3) is 0 Å². The molecular weight excluding hydrogens is 222 g/mol. The van der Waals surface area contributed by atoms with E-state index >= 15 is 0 Å². The molecule has 1 rings (SSSR count). The highest BCUT2D eigenvalue weighted by Crippen LogP contribution is 2.28. The molecule has 1 unspecified atom stereocenters. The first kappa shape index (κ1) is 14.1. The van der Waals surface area contributed by atoms with Crippen LogP contribution in [0.1, 0.15) is 45.2 Å². The van der Waals surface area contributed by atoms with Gasteiger partial charge in [0.1, 0.15) is 11.6 Å². The van der Waals surface area contributed by atoms with E-state index in [0.717, 1.165) is 18.6 Å². The van der Waals surface area contributed by atoms with Crippen LogP contribution in [-0.2, 0) is 0 Å². The van der Waals surface area contributed by atoms with E-state index in [1.54, 1.807) is 0 Å². The van der Waals surface area contributed by atoms with Gasteiger partial charge in [0.2, 0.25) is 0 Å². The summed E-state index contributed by atoms with van der Waals surface area (Å²) in [6, 6.07) is 3.08. The number of hydrogen-bond acceptors (Lipinski definition) is 2. The summed E-state index contributed by atoms with van der Waals surface area (Å²) in [5.41, 5.74) is 2.98. The summed E-state index contributed by atoms with van der Waals surface area (Å²) >= 11 is 0. The van der Waals surface area contributed by atoms with Crippen LogP contribution in [-0.4, -0.2) is 0 Å². The van der Waals surface area contributed by atoms with E-state index in [0.29, 0.717) is 6.42 Å². The number of nitrogens with one attached hydrogen (secondary N) is 1. The van der Waals surface area contributed by atoms with E-state index in [4.69, 9.17) is 5.84 Å². The van der Waals surface area contributed by atoms with Crippen LogP contribution >= 0.6 is 0 Å². The number of halogens is 2. The van der Waals surface area contributed by atoms with Gasteiger partial charge in [-0.2, -0.15) is 0 Å². The minimum Gasteiger partial charge on any atom is -0.271 e. The lowest BCUT2D eigenvalue weighted by atomic mass is 9.87. The molecule has 1 aromatic rings. The molecule has 0 aliphatic heterocycles. The van der Waals surface area contributed by atoms with Crippen LogP contribution in [0.5, 0.6) is 0 Å². The first-order valence-corrected chi connectivity index (χ1v) is 5.74. The average Bonchev–Trinajstić information content (AvgIpc) is 2.22. The van der Waals surface area contributed by atoms with Crippen LogP contribution in [0.25, 0.3) is 0 Å². The second kappa shape index (κ2) is 5.56. The molecule has 3 N–H and O–H groups in total. The molecule has 4 heteroatoms. The SMILES string of the molecule is CC(C)(C)CCC(NN)c1cc(F)ccc1F. The van der Waals surface area contributed by atoms with E-state index in [9.17, 15) is 8.78 Å². The van der Waals surface area contributed by atoms with Crippen molar-refractivity contribution >= 4 is 0 Å². The zero-order chi connectivity index (χ0) is 13.1. The maximum absolute atomic E-state index is 13.6. The van der Waals surface area contributed by atoms with Gasteiger partial charge in [-0.25, -0.2) is 8.78 Å². The lowest BCUT2D eigenvalue weighted by Crippen LogP contribution is -2.29. The first-order chi connectivity index (χ1) is 7.83. The van der Waals surface area contributed by atoms with Crippen molar-refractivity contribution in [1.29, 1.82) is 0 Å². The van der Waals surface area contributed by atoms with Crippen LogP contribution in [0.4, 0.5) is 8.78 Å². The molecule has 0 amide bonds. The predicted molar refractivity (Wildman–Crippen MR) is 65.1 cm³/mol. The highest BCUT2D eigenvalue weighted by Gasteiger charge is 2.18. The van der Waals surface area contributed by atoms with Crippen LogP contribution in [0.3, 0.4) is 0 Å². The van der Waals surface area contributed by atoms with E-state index < -0.39 is 11.6 Å². The van der Waals surface area contributed by atoms with Crippen molar-refractivity contribution in [3.8, 4) is 0 Å². The summed E-state index contributed by atoms with van der Waals surface area (Å²) in [5, 5.41) is 0. The molecule has 0 saturated heterocycles. The quantitative estimate of drug-likeness (QED) is 0.628. The topological polar surface area (TPSA) is 38.0 Å².